The second kappa shape index (κ2) is 8.23. The predicted octanol–water partition coefficient (Wildman–Crippen LogP) is 5.32. The number of thioether (sulfide) groups is 1. The molecule has 0 atom stereocenters. The number of benzene rings is 2. The van der Waals surface area contributed by atoms with Crippen LogP contribution in [0.5, 0.6) is 0 Å². The standard InChI is InChI=1S/C20H20F2N2O3S2/c1-20(2,3)15-8-6-14(7-9-15)17-23-24-19(27-17)28-12-13-4-10-16(11-5-13)29(25,26)18(21)22/h4-11,18H,12H2,1-3H3. The van der Waals surface area contributed by atoms with Crippen molar-refractivity contribution in [1.82, 2.24) is 10.2 Å². The molecule has 0 aliphatic rings. The van der Waals surface area contributed by atoms with Gasteiger partial charge in [0.2, 0.25) is 15.7 Å². The van der Waals surface area contributed by atoms with Crippen LogP contribution in [0, 0.1) is 0 Å². The van der Waals surface area contributed by atoms with Gasteiger partial charge in [-0.2, -0.15) is 8.78 Å². The van der Waals surface area contributed by atoms with Crippen molar-refractivity contribution in [2.24, 2.45) is 0 Å². The molecule has 1 heterocycles. The van der Waals surface area contributed by atoms with Crippen LogP contribution in [0.3, 0.4) is 0 Å². The monoisotopic (exact) mass is 438 g/mol. The van der Waals surface area contributed by atoms with Crippen LogP contribution in [0.25, 0.3) is 11.5 Å². The fraction of sp³-hybridized carbons (Fsp3) is 0.300. The van der Waals surface area contributed by atoms with Gasteiger partial charge >= 0.3 is 5.76 Å². The SMILES string of the molecule is CC(C)(C)c1ccc(-c2nnc(SCc3ccc(S(=O)(=O)C(F)F)cc3)o2)cc1. The maximum absolute atomic E-state index is 12.6. The highest BCUT2D eigenvalue weighted by molar-refractivity contribution is 7.98. The van der Waals surface area contributed by atoms with Crippen LogP contribution >= 0.6 is 11.8 Å². The first-order valence-electron chi connectivity index (χ1n) is 8.75. The third-order valence-corrected chi connectivity index (χ3v) is 6.54. The van der Waals surface area contributed by atoms with Crippen molar-refractivity contribution in [2.45, 2.75) is 47.8 Å². The van der Waals surface area contributed by atoms with Gasteiger partial charge in [0.1, 0.15) is 0 Å². The number of hydrogen-bond acceptors (Lipinski definition) is 6. The van der Waals surface area contributed by atoms with Crippen LogP contribution in [0.1, 0.15) is 31.9 Å². The Kier molecular flexibility index (Phi) is 6.09. The first-order chi connectivity index (χ1) is 13.6. The molecule has 0 aliphatic carbocycles. The fourth-order valence-electron chi connectivity index (χ4n) is 2.52. The molecule has 9 heteroatoms. The van der Waals surface area contributed by atoms with Gasteiger partial charge in [0.15, 0.2) is 0 Å². The maximum atomic E-state index is 12.6. The van der Waals surface area contributed by atoms with Crippen LogP contribution in [-0.2, 0) is 21.0 Å². The van der Waals surface area contributed by atoms with Crippen LogP contribution in [-0.4, -0.2) is 24.4 Å². The third-order valence-electron chi connectivity index (χ3n) is 4.25. The molecule has 29 heavy (non-hydrogen) atoms. The summed E-state index contributed by atoms with van der Waals surface area (Å²) in [6, 6.07) is 13.3. The second-order valence-electron chi connectivity index (χ2n) is 7.44. The van der Waals surface area contributed by atoms with Crippen molar-refractivity contribution in [2.75, 3.05) is 0 Å². The van der Waals surface area contributed by atoms with Crippen molar-refractivity contribution >= 4 is 21.6 Å². The normalized spacial score (nSPS) is 12.5. The minimum Gasteiger partial charge on any atom is -0.411 e. The highest BCUT2D eigenvalue weighted by Crippen LogP contribution is 2.29. The van der Waals surface area contributed by atoms with Gasteiger partial charge in [-0.3, -0.25) is 0 Å². The molecule has 0 fully saturated rings. The molecule has 154 valence electrons. The zero-order valence-corrected chi connectivity index (χ0v) is 17.7. The minimum absolute atomic E-state index is 0.0541. The Labute approximate surface area is 172 Å². The van der Waals surface area contributed by atoms with Crippen LogP contribution in [0.4, 0.5) is 8.78 Å². The molecule has 0 unspecified atom stereocenters. The third kappa shape index (κ3) is 5.02. The molecule has 5 nitrogen and oxygen atoms in total. The van der Waals surface area contributed by atoms with Crippen LogP contribution in [0.15, 0.2) is 63.1 Å². The van der Waals surface area contributed by atoms with E-state index < -0.39 is 20.5 Å². The topological polar surface area (TPSA) is 73.1 Å². The summed E-state index contributed by atoms with van der Waals surface area (Å²) >= 11 is 1.28. The maximum Gasteiger partial charge on any atom is 0.341 e. The van der Waals surface area contributed by atoms with Gasteiger partial charge in [-0.1, -0.05) is 56.8 Å². The lowest BCUT2D eigenvalue weighted by molar-refractivity contribution is 0.234. The summed E-state index contributed by atoms with van der Waals surface area (Å²) in [5.74, 6) is -2.59. The number of rotatable bonds is 6. The van der Waals surface area contributed by atoms with E-state index in [4.69, 9.17) is 4.42 Å². The molecule has 0 N–H and O–H groups in total. The molecule has 1 aromatic heterocycles. The average Bonchev–Trinajstić information content (AvgIpc) is 3.15. The Morgan fingerprint density at radius 1 is 1.00 bits per heavy atom. The second-order valence-corrected chi connectivity index (χ2v) is 10.3. The Balaban J connectivity index is 1.65. The number of alkyl halides is 2. The molecule has 2 aromatic carbocycles. The Morgan fingerprint density at radius 3 is 2.17 bits per heavy atom. The van der Waals surface area contributed by atoms with Gasteiger partial charge < -0.3 is 4.42 Å². The fourth-order valence-corrected chi connectivity index (χ4v) is 3.96. The van der Waals surface area contributed by atoms with Gasteiger partial charge in [0, 0.05) is 11.3 Å². The molecule has 0 aliphatic heterocycles. The molecule has 0 radical (unpaired) electrons. The molecule has 3 rings (SSSR count). The van der Waals surface area contributed by atoms with E-state index in [1.807, 2.05) is 24.3 Å². The summed E-state index contributed by atoms with van der Waals surface area (Å²) < 4.78 is 53.7. The first-order valence-corrected chi connectivity index (χ1v) is 11.3. The van der Waals surface area contributed by atoms with Gasteiger partial charge in [0.05, 0.1) is 4.90 Å². The lowest BCUT2D eigenvalue weighted by atomic mass is 9.87. The van der Waals surface area contributed by atoms with Crippen molar-refractivity contribution < 1.29 is 21.6 Å². The average molecular weight is 439 g/mol. The number of sulfone groups is 1. The summed E-state index contributed by atoms with van der Waals surface area (Å²) in [4.78, 5) is -0.403. The lowest BCUT2D eigenvalue weighted by Crippen LogP contribution is -2.11. The van der Waals surface area contributed by atoms with E-state index >= 15 is 0 Å². The van der Waals surface area contributed by atoms with Crippen molar-refractivity contribution in [1.29, 1.82) is 0 Å². The summed E-state index contributed by atoms with van der Waals surface area (Å²) in [6.07, 6.45) is 0. The Hall–Kier alpha value is -2.26. The molecule has 0 saturated heterocycles. The van der Waals surface area contributed by atoms with Gasteiger partial charge in [0.25, 0.3) is 5.22 Å². The van der Waals surface area contributed by atoms with Gasteiger partial charge in [-0.25, -0.2) is 8.42 Å². The van der Waals surface area contributed by atoms with Crippen LogP contribution in [0.2, 0.25) is 0 Å². The van der Waals surface area contributed by atoms with E-state index in [1.54, 1.807) is 0 Å². The van der Waals surface area contributed by atoms with Crippen molar-refractivity contribution in [3.8, 4) is 11.5 Å². The summed E-state index contributed by atoms with van der Waals surface area (Å²) in [5, 5.41) is 8.43. The van der Waals surface area contributed by atoms with Crippen molar-refractivity contribution in [3.63, 3.8) is 0 Å². The van der Waals surface area contributed by atoms with Gasteiger partial charge in [-0.15, -0.1) is 10.2 Å². The zero-order chi connectivity index (χ0) is 21.2. The smallest absolute Gasteiger partial charge is 0.341 e. The largest absolute Gasteiger partial charge is 0.411 e. The molecule has 0 bridgehead atoms. The highest BCUT2D eigenvalue weighted by atomic mass is 32.2. The number of halogens is 2. The van der Waals surface area contributed by atoms with E-state index in [-0.39, 0.29) is 5.41 Å². The molecule has 0 saturated carbocycles. The summed E-state index contributed by atoms with van der Waals surface area (Å²) in [6.45, 7) is 6.41. The number of aromatic nitrogens is 2. The molecule has 0 spiro atoms. The predicted molar refractivity (Wildman–Crippen MR) is 108 cm³/mol. The number of nitrogens with zero attached hydrogens (tertiary/aromatic N) is 2. The molecule has 0 amide bonds. The number of hydrogen-bond donors (Lipinski definition) is 0. The van der Waals surface area contributed by atoms with E-state index in [2.05, 4.69) is 31.0 Å². The van der Waals surface area contributed by atoms with Crippen LogP contribution < -0.4 is 0 Å². The minimum atomic E-state index is -4.58. The van der Waals surface area contributed by atoms with E-state index in [0.29, 0.717) is 16.9 Å². The summed E-state index contributed by atoms with van der Waals surface area (Å²) in [5.41, 5.74) is 2.82. The van der Waals surface area contributed by atoms with E-state index in [0.717, 1.165) is 11.1 Å². The zero-order valence-electron chi connectivity index (χ0n) is 16.1. The first kappa shape index (κ1) is 21.4. The van der Waals surface area contributed by atoms with Gasteiger partial charge in [-0.05, 0) is 40.8 Å². The Bertz CT molecular complexity index is 1070. The lowest BCUT2D eigenvalue weighted by Gasteiger charge is -2.18. The summed E-state index contributed by atoms with van der Waals surface area (Å²) in [7, 11) is -4.58. The van der Waals surface area contributed by atoms with E-state index in [9.17, 15) is 17.2 Å². The quantitative estimate of drug-likeness (QED) is 0.485. The Morgan fingerprint density at radius 2 is 1.62 bits per heavy atom. The van der Waals surface area contributed by atoms with Crippen molar-refractivity contribution in [3.05, 3.63) is 59.7 Å². The molecule has 3 aromatic rings. The highest BCUT2D eigenvalue weighted by Gasteiger charge is 2.26. The molecular weight excluding hydrogens is 418 g/mol. The van der Waals surface area contributed by atoms with E-state index in [1.165, 1.54) is 41.6 Å². The molecular formula is C20H20F2N2O3S2.